The summed E-state index contributed by atoms with van der Waals surface area (Å²) >= 11 is 6.61. The Hall–Kier alpha value is -5.67. The predicted octanol–water partition coefficient (Wildman–Crippen LogP) is 6.61. The van der Waals surface area contributed by atoms with Crippen molar-refractivity contribution < 1.29 is 38.7 Å². The molecule has 3 heterocycles. The fourth-order valence-electron chi connectivity index (χ4n) is 6.35. The number of fused-ring (bicyclic) bond motifs is 7. The largest absolute Gasteiger partial charge is 0.508 e. The maximum atomic E-state index is 13.9. The third-order valence-corrected chi connectivity index (χ3v) is 8.77. The van der Waals surface area contributed by atoms with Crippen LogP contribution in [0.2, 0.25) is 5.02 Å². The topological polar surface area (TPSA) is 124 Å². The third kappa shape index (κ3) is 4.31. The van der Waals surface area contributed by atoms with E-state index in [0.29, 0.717) is 52.0 Å². The van der Waals surface area contributed by atoms with E-state index in [1.165, 1.54) is 30.3 Å². The highest BCUT2D eigenvalue weighted by Crippen LogP contribution is 2.57. The molecule has 3 aliphatic heterocycles. The minimum Gasteiger partial charge on any atom is -0.508 e. The molecule has 0 bridgehead atoms. The Balaban J connectivity index is 1.20. The highest BCUT2D eigenvalue weighted by Gasteiger charge is 2.53. The van der Waals surface area contributed by atoms with Gasteiger partial charge in [0.25, 0.3) is 5.91 Å². The fraction of sp³-hybridized carbons (Fsp3) is 0.111. The van der Waals surface area contributed by atoms with Gasteiger partial charge < -0.3 is 34.5 Å². The lowest BCUT2D eigenvalue weighted by Gasteiger charge is -2.36. The quantitative estimate of drug-likeness (QED) is 0.189. The zero-order valence-corrected chi connectivity index (χ0v) is 24.7. The standard InChI is InChI=1S/C36H24ClNO8/c37-28-4-2-1-3-23(28)33(19-6-12-29-32(16-19)44-14-13-43-29)38-34(41)20-5-9-25-24(15-20)35(42)46-36(25)26-10-7-21(39)17-30(26)45-31-18-22(40)8-11-27(31)36/h1-12,15-18,33,39-40H,13-14H2,(H,38,41). The maximum Gasteiger partial charge on any atom is 0.340 e. The predicted molar refractivity (Wildman–Crippen MR) is 166 cm³/mol. The molecule has 1 atom stereocenters. The number of benzene rings is 5. The second-order valence-corrected chi connectivity index (χ2v) is 11.5. The molecule has 1 unspecified atom stereocenters. The molecule has 228 valence electrons. The number of esters is 1. The molecule has 0 saturated carbocycles. The van der Waals surface area contributed by atoms with Gasteiger partial charge in [-0.2, -0.15) is 0 Å². The van der Waals surface area contributed by atoms with Crippen LogP contribution in [-0.4, -0.2) is 35.3 Å². The van der Waals surface area contributed by atoms with Crippen LogP contribution in [0.25, 0.3) is 0 Å². The summed E-state index contributed by atoms with van der Waals surface area (Å²) in [7, 11) is 0. The van der Waals surface area contributed by atoms with E-state index in [0.717, 1.165) is 5.56 Å². The summed E-state index contributed by atoms with van der Waals surface area (Å²) in [4.78, 5) is 27.5. The van der Waals surface area contributed by atoms with Crippen molar-refractivity contribution in [1.82, 2.24) is 5.32 Å². The van der Waals surface area contributed by atoms with Crippen LogP contribution < -0.4 is 19.5 Å². The highest BCUT2D eigenvalue weighted by atomic mass is 35.5. The number of aromatic hydroxyl groups is 2. The lowest BCUT2D eigenvalue weighted by Crippen LogP contribution is -2.33. The van der Waals surface area contributed by atoms with Gasteiger partial charge >= 0.3 is 5.97 Å². The highest BCUT2D eigenvalue weighted by molar-refractivity contribution is 6.31. The van der Waals surface area contributed by atoms with Gasteiger partial charge in [0.1, 0.15) is 36.2 Å². The molecule has 0 aliphatic carbocycles. The number of hydrogen-bond donors (Lipinski definition) is 3. The van der Waals surface area contributed by atoms with Crippen molar-refractivity contribution in [2.75, 3.05) is 13.2 Å². The fourth-order valence-corrected chi connectivity index (χ4v) is 6.60. The molecule has 0 aromatic heterocycles. The average Bonchev–Trinajstić information content (AvgIpc) is 3.35. The van der Waals surface area contributed by atoms with Crippen molar-refractivity contribution in [3.05, 3.63) is 141 Å². The molecule has 3 aliphatic rings. The number of amides is 1. The van der Waals surface area contributed by atoms with Crippen LogP contribution in [0, 0.1) is 0 Å². The molecule has 5 aromatic rings. The number of rotatable bonds is 4. The molecule has 46 heavy (non-hydrogen) atoms. The van der Waals surface area contributed by atoms with Gasteiger partial charge in [-0.05, 0) is 65.7 Å². The smallest absolute Gasteiger partial charge is 0.340 e. The van der Waals surface area contributed by atoms with Gasteiger partial charge in [-0.3, -0.25) is 4.79 Å². The van der Waals surface area contributed by atoms with E-state index in [2.05, 4.69) is 5.32 Å². The first kappa shape index (κ1) is 27.8. The Morgan fingerprint density at radius 1 is 0.761 bits per heavy atom. The monoisotopic (exact) mass is 633 g/mol. The summed E-state index contributed by atoms with van der Waals surface area (Å²) in [5.41, 5.74) is 1.87. The Morgan fingerprint density at radius 3 is 2.15 bits per heavy atom. The van der Waals surface area contributed by atoms with E-state index in [1.807, 2.05) is 30.3 Å². The van der Waals surface area contributed by atoms with E-state index >= 15 is 0 Å². The summed E-state index contributed by atoms with van der Waals surface area (Å²) in [5, 5.41) is 23.9. The second-order valence-electron chi connectivity index (χ2n) is 11.1. The van der Waals surface area contributed by atoms with Crippen LogP contribution in [0.5, 0.6) is 34.5 Å². The van der Waals surface area contributed by atoms with E-state index in [4.69, 9.17) is 30.5 Å². The van der Waals surface area contributed by atoms with Gasteiger partial charge in [-0.1, -0.05) is 41.9 Å². The number of phenolic OH excluding ortho intramolecular Hbond substituents is 2. The van der Waals surface area contributed by atoms with Crippen molar-refractivity contribution >= 4 is 23.5 Å². The minimum atomic E-state index is -1.43. The molecular formula is C36H24ClNO8. The lowest BCUT2D eigenvalue weighted by atomic mass is 9.77. The van der Waals surface area contributed by atoms with E-state index in [-0.39, 0.29) is 34.1 Å². The number of carbonyl (C=O) groups is 2. The molecule has 0 radical (unpaired) electrons. The summed E-state index contributed by atoms with van der Waals surface area (Å²) in [6.45, 7) is 0.865. The minimum absolute atomic E-state index is 0.0415. The van der Waals surface area contributed by atoms with E-state index < -0.39 is 23.5 Å². The first-order chi connectivity index (χ1) is 22.3. The van der Waals surface area contributed by atoms with Crippen molar-refractivity contribution in [2.45, 2.75) is 11.6 Å². The SMILES string of the molecule is O=C(NC(c1ccc2c(c1)OCCO2)c1ccccc1Cl)c1ccc2c(c1)C(=O)OC21c2ccc(O)cc2Oc2cc(O)ccc21. The third-order valence-electron chi connectivity index (χ3n) is 8.43. The Bertz CT molecular complexity index is 2040. The van der Waals surface area contributed by atoms with Crippen molar-refractivity contribution in [3.63, 3.8) is 0 Å². The summed E-state index contributed by atoms with van der Waals surface area (Å²) < 4.78 is 23.6. The average molecular weight is 634 g/mol. The molecular weight excluding hydrogens is 610 g/mol. The summed E-state index contributed by atoms with van der Waals surface area (Å²) in [6, 6.07) is 25.9. The first-order valence-electron chi connectivity index (χ1n) is 14.5. The number of nitrogens with one attached hydrogen (secondary N) is 1. The van der Waals surface area contributed by atoms with Gasteiger partial charge in [0.15, 0.2) is 17.1 Å². The zero-order valence-electron chi connectivity index (χ0n) is 24.0. The van der Waals surface area contributed by atoms with Gasteiger partial charge in [0.05, 0.1) is 11.6 Å². The number of carbonyl (C=O) groups excluding carboxylic acids is 2. The molecule has 1 amide bonds. The van der Waals surface area contributed by atoms with Gasteiger partial charge in [-0.25, -0.2) is 4.79 Å². The molecule has 10 heteroatoms. The van der Waals surface area contributed by atoms with Crippen LogP contribution in [0.1, 0.15) is 54.6 Å². The van der Waals surface area contributed by atoms with Crippen molar-refractivity contribution in [1.29, 1.82) is 0 Å². The van der Waals surface area contributed by atoms with Gasteiger partial charge in [-0.15, -0.1) is 0 Å². The van der Waals surface area contributed by atoms with E-state index in [1.54, 1.807) is 36.4 Å². The molecule has 3 N–H and O–H groups in total. The normalized spacial score (nSPS) is 15.5. The maximum absolute atomic E-state index is 13.9. The van der Waals surface area contributed by atoms with Crippen LogP contribution in [0.15, 0.2) is 97.1 Å². The first-order valence-corrected chi connectivity index (χ1v) is 14.9. The van der Waals surface area contributed by atoms with Crippen molar-refractivity contribution in [2.24, 2.45) is 0 Å². The molecule has 0 fully saturated rings. The number of ether oxygens (including phenoxy) is 4. The molecule has 5 aromatic carbocycles. The van der Waals surface area contributed by atoms with Crippen LogP contribution in [0.3, 0.4) is 0 Å². The summed E-state index contributed by atoms with van der Waals surface area (Å²) in [6.07, 6.45) is 0. The van der Waals surface area contributed by atoms with Crippen LogP contribution in [0.4, 0.5) is 0 Å². The number of halogens is 1. The molecule has 8 rings (SSSR count). The Morgan fingerprint density at radius 2 is 1.43 bits per heavy atom. The number of phenols is 2. The molecule has 0 saturated heterocycles. The van der Waals surface area contributed by atoms with Crippen molar-refractivity contribution in [3.8, 4) is 34.5 Å². The summed E-state index contributed by atoms with van der Waals surface area (Å²) in [5.74, 6) is 0.551. The van der Waals surface area contributed by atoms with Crippen LogP contribution >= 0.6 is 11.6 Å². The van der Waals surface area contributed by atoms with Crippen LogP contribution in [-0.2, 0) is 10.3 Å². The molecule has 9 nitrogen and oxygen atoms in total. The van der Waals surface area contributed by atoms with Gasteiger partial charge in [0, 0.05) is 39.4 Å². The molecule has 1 spiro atoms. The van der Waals surface area contributed by atoms with E-state index in [9.17, 15) is 19.8 Å². The number of hydrogen-bond acceptors (Lipinski definition) is 8. The second kappa shape index (κ2) is 10.5. The Kier molecular flexibility index (Phi) is 6.33. The van der Waals surface area contributed by atoms with Gasteiger partial charge in [0.2, 0.25) is 0 Å². The zero-order chi connectivity index (χ0) is 31.6. The lowest BCUT2D eigenvalue weighted by molar-refractivity contribution is 0.0224. The Labute approximate surface area is 267 Å².